The summed E-state index contributed by atoms with van der Waals surface area (Å²) < 4.78 is 11.1. The predicted octanol–water partition coefficient (Wildman–Crippen LogP) is 1.72. The summed E-state index contributed by atoms with van der Waals surface area (Å²) in [6.07, 6.45) is 0.171. The third kappa shape index (κ3) is 3.00. The molecule has 3 rings (SSSR count). The van der Waals surface area contributed by atoms with Crippen molar-refractivity contribution in [1.29, 1.82) is 0 Å². The van der Waals surface area contributed by atoms with Gasteiger partial charge in [-0.2, -0.15) is 5.10 Å². The van der Waals surface area contributed by atoms with Crippen LogP contribution in [-0.2, 0) is 16.0 Å². The van der Waals surface area contributed by atoms with Crippen LogP contribution < -0.4 is 0 Å². The highest BCUT2D eigenvalue weighted by Gasteiger charge is 2.17. The van der Waals surface area contributed by atoms with Crippen molar-refractivity contribution in [2.75, 3.05) is 33.4 Å². The van der Waals surface area contributed by atoms with E-state index in [1.165, 1.54) is 10.9 Å². The van der Waals surface area contributed by atoms with Crippen molar-refractivity contribution >= 4 is 10.9 Å². The van der Waals surface area contributed by atoms with Crippen LogP contribution >= 0.6 is 0 Å². The van der Waals surface area contributed by atoms with E-state index >= 15 is 0 Å². The van der Waals surface area contributed by atoms with E-state index < -0.39 is 0 Å². The molecule has 0 aliphatic carbocycles. The van der Waals surface area contributed by atoms with Gasteiger partial charge in [-0.25, -0.2) is 0 Å². The van der Waals surface area contributed by atoms with Crippen molar-refractivity contribution in [2.45, 2.75) is 19.6 Å². The molecule has 1 aliphatic rings. The Hall–Kier alpha value is -1.43. The molecule has 1 N–H and O–H groups in total. The van der Waals surface area contributed by atoms with Crippen LogP contribution in [0.4, 0.5) is 0 Å². The number of hydrogen-bond acceptors (Lipinski definition) is 4. The van der Waals surface area contributed by atoms with Crippen LogP contribution in [0.15, 0.2) is 18.2 Å². The molecule has 0 bridgehead atoms. The highest BCUT2D eigenvalue weighted by atomic mass is 16.6. The molecule has 1 aromatic heterocycles. The normalized spacial score (nSPS) is 19.9. The second kappa shape index (κ2) is 5.91. The number of hydrogen-bond donors (Lipinski definition) is 1. The fourth-order valence-electron chi connectivity index (χ4n) is 2.62. The Morgan fingerprint density at radius 3 is 3.10 bits per heavy atom. The second-order valence-corrected chi connectivity index (χ2v) is 5.49. The summed E-state index contributed by atoms with van der Waals surface area (Å²) in [6, 6.07) is 6.33. The molecule has 1 aromatic carbocycles. The first-order valence-electron chi connectivity index (χ1n) is 7.04. The highest BCUT2D eigenvalue weighted by molar-refractivity contribution is 5.81. The monoisotopic (exact) mass is 275 g/mol. The molecule has 0 saturated carbocycles. The van der Waals surface area contributed by atoms with E-state index in [0.717, 1.165) is 24.3 Å². The van der Waals surface area contributed by atoms with Crippen molar-refractivity contribution in [3.05, 3.63) is 29.5 Å². The van der Waals surface area contributed by atoms with E-state index in [1.54, 1.807) is 0 Å². The first-order chi connectivity index (χ1) is 9.72. The van der Waals surface area contributed by atoms with Gasteiger partial charge < -0.3 is 9.47 Å². The fourth-order valence-corrected chi connectivity index (χ4v) is 2.62. The maximum absolute atomic E-state index is 5.68. The minimum absolute atomic E-state index is 0.171. The Balaban J connectivity index is 1.67. The summed E-state index contributed by atoms with van der Waals surface area (Å²) in [7, 11) is 2.10. The molecule has 0 radical (unpaired) electrons. The molecule has 1 fully saturated rings. The summed E-state index contributed by atoms with van der Waals surface area (Å²) in [5.41, 5.74) is 3.44. The Labute approximate surface area is 118 Å². The van der Waals surface area contributed by atoms with E-state index in [9.17, 15) is 0 Å². The fraction of sp³-hybridized carbons (Fsp3) is 0.533. The molecule has 1 atom stereocenters. The number of rotatable bonds is 4. The molecule has 2 aromatic rings. The number of ether oxygens (including phenoxy) is 2. The number of H-pyrrole nitrogens is 1. The third-order valence-corrected chi connectivity index (χ3v) is 3.62. The smallest absolute Gasteiger partial charge is 0.0936 e. The quantitative estimate of drug-likeness (QED) is 0.923. The lowest BCUT2D eigenvalue weighted by Crippen LogP contribution is -2.38. The summed E-state index contributed by atoms with van der Waals surface area (Å²) in [4.78, 5) is 2.24. The van der Waals surface area contributed by atoms with E-state index in [-0.39, 0.29) is 6.10 Å². The van der Waals surface area contributed by atoms with Crippen LogP contribution in [0.1, 0.15) is 11.3 Å². The van der Waals surface area contributed by atoms with Gasteiger partial charge in [-0.1, -0.05) is 11.6 Å². The molecular weight excluding hydrogens is 254 g/mol. The van der Waals surface area contributed by atoms with Gasteiger partial charge in [0.25, 0.3) is 0 Å². The van der Waals surface area contributed by atoms with Crippen LogP contribution in [-0.4, -0.2) is 54.6 Å². The number of aryl methyl sites for hydroxylation is 1. The lowest BCUT2D eigenvalue weighted by Gasteiger charge is -2.27. The summed E-state index contributed by atoms with van der Waals surface area (Å²) >= 11 is 0. The molecule has 1 aliphatic heterocycles. The zero-order valence-corrected chi connectivity index (χ0v) is 12.1. The van der Waals surface area contributed by atoms with Crippen molar-refractivity contribution in [2.24, 2.45) is 0 Å². The van der Waals surface area contributed by atoms with Crippen molar-refractivity contribution in [3.63, 3.8) is 0 Å². The Bertz CT molecular complexity index is 576. The molecule has 5 heteroatoms. The molecule has 2 heterocycles. The zero-order valence-electron chi connectivity index (χ0n) is 12.1. The molecular formula is C15H21N3O2. The molecule has 0 amide bonds. The molecule has 5 nitrogen and oxygen atoms in total. The number of benzene rings is 1. The SMILES string of the molecule is Cc1ccc2n[nH]c(CN(C)CC3COCCO3)c2c1. The van der Waals surface area contributed by atoms with Gasteiger partial charge in [-0.15, -0.1) is 0 Å². The largest absolute Gasteiger partial charge is 0.376 e. The van der Waals surface area contributed by atoms with Gasteiger partial charge >= 0.3 is 0 Å². The second-order valence-electron chi connectivity index (χ2n) is 5.49. The lowest BCUT2D eigenvalue weighted by molar-refractivity contribution is -0.0963. The topological polar surface area (TPSA) is 50.4 Å². The molecule has 1 saturated heterocycles. The first kappa shape index (κ1) is 13.5. The molecule has 108 valence electrons. The number of nitrogens with one attached hydrogen (secondary N) is 1. The number of likely N-dealkylation sites (N-methyl/N-ethyl adjacent to an activating group) is 1. The summed E-state index contributed by atoms with van der Waals surface area (Å²) in [5, 5.41) is 8.70. The maximum Gasteiger partial charge on any atom is 0.0936 e. The summed E-state index contributed by atoms with van der Waals surface area (Å²) in [6.45, 7) is 5.90. The van der Waals surface area contributed by atoms with Crippen LogP contribution in [0.25, 0.3) is 10.9 Å². The van der Waals surface area contributed by atoms with Gasteiger partial charge in [0.2, 0.25) is 0 Å². The molecule has 20 heavy (non-hydrogen) atoms. The van der Waals surface area contributed by atoms with Crippen LogP contribution in [0, 0.1) is 6.92 Å². The highest BCUT2D eigenvalue weighted by Crippen LogP contribution is 2.18. The average molecular weight is 275 g/mol. The lowest BCUT2D eigenvalue weighted by atomic mass is 10.1. The predicted molar refractivity (Wildman–Crippen MR) is 77.7 cm³/mol. The number of nitrogens with zero attached hydrogens (tertiary/aromatic N) is 2. The van der Waals surface area contributed by atoms with Gasteiger partial charge in [0.1, 0.15) is 0 Å². The van der Waals surface area contributed by atoms with Crippen molar-refractivity contribution in [1.82, 2.24) is 15.1 Å². The van der Waals surface area contributed by atoms with E-state index in [1.807, 2.05) is 0 Å². The van der Waals surface area contributed by atoms with Gasteiger partial charge in [0, 0.05) is 18.5 Å². The van der Waals surface area contributed by atoms with Gasteiger partial charge in [0.05, 0.1) is 37.1 Å². The van der Waals surface area contributed by atoms with Crippen molar-refractivity contribution in [3.8, 4) is 0 Å². The minimum Gasteiger partial charge on any atom is -0.376 e. The van der Waals surface area contributed by atoms with Gasteiger partial charge in [-0.3, -0.25) is 10.00 Å². The number of fused-ring (bicyclic) bond motifs is 1. The van der Waals surface area contributed by atoms with Crippen LogP contribution in [0.3, 0.4) is 0 Å². The van der Waals surface area contributed by atoms with E-state index in [4.69, 9.17) is 9.47 Å². The standard InChI is InChI=1S/C15H21N3O2/c1-11-3-4-14-13(7-11)15(17-16-14)9-18(2)8-12-10-19-5-6-20-12/h3-4,7,12H,5-6,8-10H2,1-2H3,(H,16,17). The zero-order chi connectivity index (χ0) is 13.9. The Morgan fingerprint density at radius 1 is 1.40 bits per heavy atom. The average Bonchev–Trinajstić information content (AvgIpc) is 2.82. The van der Waals surface area contributed by atoms with E-state index in [2.05, 4.69) is 47.3 Å². The van der Waals surface area contributed by atoms with Gasteiger partial charge in [0.15, 0.2) is 0 Å². The van der Waals surface area contributed by atoms with E-state index in [0.29, 0.717) is 19.8 Å². The molecule has 1 unspecified atom stereocenters. The summed E-state index contributed by atoms with van der Waals surface area (Å²) in [5.74, 6) is 0. The number of aromatic amines is 1. The van der Waals surface area contributed by atoms with Crippen LogP contribution in [0.5, 0.6) is 0 Å². The van der Waals surface area contributed by atoms with Gasteiger partial charge in [-0.05, 0) is 26.1 Å². The van der Waals surface area contributed by atoms with Crippen LogP contribution in [0.2, 0.25) is 0 Å². The Kier molecular flexibility index (Phi) is 4.00. The maximum atomic E-state index is 5.68. The number of aromatic nitrogens is 2. The van der Waals surface area contributed by atoms with Crippen molar-refractivity contribution < 1.29 is 9.47 Å². The first-order valence-corrected chi connectivity index (χ1v) is 7.04. The minimum atomic E-state index is 0.171. The molecule has 0 spiro atoms. The Morgan fingerprint density at radius 2 is 2.30 bits per heavy atom. The third-order valence-electron chi connectivity index (χ3n) is 3.62.